The highest BCUT2D eigenvalue weighted by atomic mass is 19.1. The van der Waals surface area contributed by atoms with Crippen molar-refractivity contribution in [2.24, 2.45) is 5.92 Å². The van der Waals surface area contributed by atoms with Crippen LogP contribution in [0.25, 0.3) is 16.7 Å². The van der Waals surface area contributed by atoms with E-state index in [1.165, 1.54) is 31.2 Å². The zero-order valence-electron chi connectivity index (χ0n) is 16.5. The highest BCUT2D eigenvalue weighted by molar-refractivity contribution is 5.75. The van der Waals surface area contributed by atoms with E-state index in [2.05, 4.69) is 44.3 Å². The van der Waals surface area contributed by atoms with Gasteiger partial charge in [0, 0.05) is 5.56 Å². The molecule has 3 rings (SSSR count). The number of benzene rings is 2. The molecule has 0 saturated heterocycles. The third-order valence-electron chi connectivity index (χ3n) is 5.62. The molecule has 2 aromatic rings. The minimum Gasteiger partial charge on any atom is -0.206 e. The quantitative estimate of drug-likeness (QED) is 0.475. The lowest BCUT2D eigenvalue weighted by Crippen LogP contribution is -2.10. The van der Waals surface area contributed by atoms with Crippen LogP contribution in [0.4, 0.5) is 4.39 Å². The molecule has 0 aliphatic heterocycles. The molecule has 1 fully saturated rings. The lowest BCUT2D eigenvalue weighted by molar-refractivity contribution is 0.348. The van der Waals surface area contributed by atoms with Gasteiger partial charge >= 0.3 is 0 Å². The molecule has 0 nitrogen and oxygen atoms in total. The van der Waals surface area contributed by atoms with E-state index in [1.54, 1.807) is 12.1 Å². The van der Waals surface area contributed by atoms with Crippen molar-refractivity contribution in [3.63, 3.8) is 0 Å². The van der Waals surface area contributed by atoms with Crippen LogP contribution in [0.5, 0.6) is 0 Å². The molecule has 0 heterocycles. The first-order chi connectivity index (χ1) is 12.9. The van der Waals surface area contributed by atoms with Gasteiger partial charge in [-0.15, -0.1) is 0 Å². The molecule has 0 N–H and O–H groups in total. The predicted octanol–water partition coefficient (Wildman–Crippen LogP) is 7.93. The Balaban J connectivity index is 1.76. The SMILES string of the molecule is C=C(C)/C=C\C(=C)c1ccc(-c2ccc(C3CCC(C)CC3)cc2)cc1F. The Kier molecular flexibility index (Phi) is 6.11. The van der Waals surface area contributed by atoms with E-state index in [4.69, 9.17) is 0 Å². The van der Waals surface area contributed by atoms with Gasteiger partial charge in [-0.05, 0) is 59.9 Å². The Morgan fingerprint density at radius 1 is 0.926 bits per heavy atom. The maximum absolute atomic E-state index is 14.6. The van der Waals surface area contributed by atoms with Gasteiger partial charge in [0.1, 0.15) is 5.82 Å². The molecule has 0 amide bonds. The van der Waals surface area contributed by atoms with Crippen molar-refractivity contribution in [3.05, 3.63) is 90.3 Å². The van der Waals surface area contributed by atoms with E-state index >= 15 is 0 Å². The first-order valence-corrected chi connectivity index (χ1v) is 9.87. The summed E-state index contributed by atoms with van der Waals surface area (Å²) in [6.07, 6.45) is 8.86. The summed E-state index contributed by atoms with van der Waals surface area (Å²) >= 11 is 0. The standard InChI is InChI=1S/C26H29F/c1-18(2)5-8-20(4)25-16-15-24(17-26(25)27)23-13-11-22(12-14-23)21-9-6-19(3)7-10-21/h5,8,11-17,19,21H,1,4,6-7,9-10H2,2-3H3/b8-5-. The first kappa shape index (κ1) is 19.4. The van der Waals surface area contributed by atoms with Gasteiger partial charge in [0.05, 0.1) is 0 Å². The highest BCUT2D eigenvalue weighted by Gasteiger charge is 2.19. The van der Waals surface area contributed by atoms with Crippen LogP contribution >= 0.6 is 0 Å². The molecular formula is C26H29F. The van der Waals surface area contributed by atoms with Gasteiger partial charge in [0.2, 0.25) is 0 Å². The summed E-state index contributed by atoms with van der Waals surface area (Å²) in [5.41, 5.74) is 5.48. The second kappa shape index (κ2) is 8.52. The fourth-order valence-electron chi connectivity index (χ4n) is 3.83. The molecule has 27 heavy (non-hydrogen) atoms. The van der Waals surface area contributed by atoms with Gasteiger partial charge in [0.25, 0.3) is 0 Å². The third kappa shape index (κ3) is 4.86. The Hall–Kier alpha value is -2.41. The van der Waals surface area contributed by atoms with E-state index in [-0.39, 0.29) is 5.82 Å². The van der Waals surface area contributed by atoms with Gasteiger partial charge in [-0.25, -0.2) is 4.39 Å². The lowest BCUT2D eigenvalue weighted by Gasteiger charge is -2.26. The summed E-state index contributed by atoms with van der Waals surface area (Å²) in [7, 11) is 0. The second-order valence-corrected chi connectivity index (χ2v) is 7.98. The minimum atomic E-state index is -0.241. The normalized spacial score (nSPS) is 20.0. The summed E-state index contributed by atoms with van der Waals surface area (Å²) in [6.45, 7) is 12.0. The van der Waals surface area contributed by atoms with Crippen molar-refractivity contribution in [2.75, 3.05) is 0 Å². The monoisotopic (exact) mass is 360 g/mol. The van der Waals surface area contributed by atoms with E-state index in [0.29, 0.717) is 17.1 Å². The highest BCUT2D eigenvalue weighted by Crippen LogP contribution is 2.36. The first-order valence-electron chi connectivity index (χ1n) is 9.87. The molecule has 140 valence electrons. The van der Waals surface area contributed by atoms with Crippen molar-refractivity contribution >= 4 is 5.57 Å². The van der Waals surface area contributed by atoms with Gasteiger partial charge in [-0.3, -0.25) is 0 Å². The fraction of sp³-hybridized carbons (Fsp3) is 0.308. The van der Waals surface area contributed by atoms with Crippen LogP contribution in [0.1, 0.15) is 56.6 Å². The van der Waals surface area contributed by atoms with E-state index in [0.717, 1.165) is 22.6 Å². The molecular weight excluding hydrogens is 331 g/mol. The lowest BCUT2D eigenvalue weighted by atomic mass is 9.79. The zero-order chi connectivity index (χ0) is 19.4. The summed E-state index contributed by atoms with van der Waals surface area (Å²) < 4.78 is 14.6. The van der Waals surface area contributed by atoms with Gasteiger partial charge in [-0.2, -0.15) is 0 Å². The Morgan fingerprint density at radius 2 is 1.56 bits per heavy atom. The molecule has 1 aliphatic carbocycles. The smallest absolute Gasteiger partial charge is 0.131 e. The Morgan fingerprint density at radius 3 is 2.15 bits per heavy atom. The maximum Gasteiger partial charge on any atom is 0.131 e. The van der Waals surface area contributed by atoms with Gasteiger partial charge in [0.15, 0.2) is 0 Å². The van der Waals surface area contributed by atoms with Crippen LogP contribution < -0.4 is 0 Å². The molecule has 0 bridgehead atoms. The predicted molar refractivity (Wildman–Crippen MR) is 115 cm³/mol. The van der Waals surface area contributed by atoms with Gasteiger partial charge in [-0.1, -0.05) is 87.0 Å². The van der Waals surface area contributed by atoms with Crippen LogP contribution in [0.15, 0.2) is 73.3 Å². The molecule has 0 aromatic heterocycles. The molecule has 0 spiro atoms. The van der Waals surface area contributed by atoms with Crippen LogP contribution in [0, 0.1) is 11.7 Å². The van der Waals surface area contributed by atoms with Crippen LogP contribution in [-0.2, 0) is 0 Å². The molecule has 0 radical (unpaired) electrons. The van der Waals surface area contributed by atoms with E-state index in [1.807, 2.05) is 25.1 Å². The number of hydrogen-bond donors (Lipinski definition) is 0. The molecule has 0 unspecified atom stereocenters. The number of halogens is 1. The second-order valence-electron chi connectivity index (χ2n) is 7.98. The molecule has 0 atom stereocenters. The summed E-state index contributed by atoms with van der Waals surface area (Å²) in [5, 5.41) is 0. The Bertz CT molecular complexity index is 846. The number of hydrogen-bond acceptors (Lipinski definition) is 0. The van der Waals surface area contributed by atoms with Crippen molar-refractivity contribution in [3.8, 4) is 11.1 Å². The van der Waals surface area contributed by atoms with E-state index < -0.39 is 0 Å². The van der Waals surface area contributed by atoms with Crippen molar-refractivity contribution < 1.29 is 4.39 Å². The average molecular weight is 361 g/mol. The van der Waals surface area contributed by atoms with Crippen LogP contribution in [0.2, 0.25) is 0 Å². The largest absolute Gasteiger partial charge is 0.206 e. The van der Waals surface area contributed by atoms with Crippen LogP contribution in [-0.4, -0.2) is 0 Å². The summed E-state index contributed by atoms with van der Waals surface area (Å²) in [5.74, 6) is 1.30. The average Bonchev–Trinajstić information content (AvgIpc) is 2.67. The molecule has 1 aliphatic rings. The minimum absolute atomic E-state index is 0.241. The number of rotatable bonds is 5. The molecule has 2 aromatic carbocycles. The van der Waals surface area contributed by atoms with Crippen molar-refractivity contribution in [1.82, 2.24) is 0 Å². The summed E-state index contributed by atoms with van der Waals surface area (Å²) in [4.78, 5) is 0. The fourth-order valence-corrected chi connectivity index (χ4v) is 3.83. The van der Waals surface area contributed by atoms with E-state index in [9.17, 15) is 4.39 Å². The molecule has 1 saturated carbocycles. The van der Waals surface area contributed by atoms with Crippen molar-refractivity contribution in [1.29, 1.82) is 0 Å². The van der Waals surface area contributed by atoms with Crippen LogP contribution in [0.3, 0.4) is 0 Å². The third-order valence-corrected chi connectivity index (χ3v) is 5.62. The topological polar surface area (TPSA) is 0 Å². The van der Waals surface area contributed by atoms with Crippen molar-refractivity contribution in [2.45, 2.75) is 45.4 Å². The maximum atomic E-state index is 14.6. The zero-order valence-corrected chi connectivity index (χ0v) is 16.5. The Labute approximate surface area is 163 Å². The van der Waals surface area contributed by atoms with Gasteiger partial charge < -0.3 is 0 Å². The molecule has 1 heteroatoms. The number of allylic oxidation sites excluding steroid dienone is 4. The summed E-state index contributed by atoms with van der Waals surface area (Å²) in [6, 6.07) is 14.1.